The van der Waals surface area contributed by atoms with Crippen LogP contribution in [0.4, 0.5) is 0 Å². The van der Waals surface area contributed by atoms with E-state index >= 15 is 0 Å². The molecule has 0 atom stereocenters. The van der Waals surface area contributed by atoms with Gasteiger partial charge in [0, 0.05) is 20.1 Å². The van der Waals surface area contributed by atoms with Gasteiger partial charge in [-0.15, -0.1) is 0 Å². The van der Waals surface area contributed by atoms with Crippen molar-refractivity contribution < 1.29 is 9.26 Å². The second kappa shape index (κ2) is 4.28. The maximum Gasteiger partial charge on any atom is 0.228 e. The summed E-state index contributed by atoms with van der Waals surface area (Å²) in [5.41, 5.74) is -0.263. The first-order valence-corrected chi connectivity index (χ1v) is 5.33. The molecule has 0 aliphatic heterocycles. The van der Waals surface area contributed by atoms with Crippen LogP contribution in [0.25, 0.3) is 0 Å². The number of likely N-dealkylation sites (N-methyl/N-ethyl adjacent to an activating group) is 1. The zero-order chi connectivity index (χ0) is 10.7. The van der Waals surface area contributed by atoms with E-state index in [2.05, 4.69) is 15.5 Å². The molecule has 2 rings (SSSR count). The third-order valence-corrected chi connectivity index (χ3v) is 3.02. The molecule has 0 radical (unpaired) electrons. The minimum atomic E-state index is -0.263. The molecule has 1 aromatic rings. The van der Waals surface area contributed by atoms with Gasteiger partial charge in [-0.2, -0.15) is 4.98 Å². The van der Waals surface area contributed by atoms with Crippen LogP contribution in [0.3, 0.4) is 0 Å². The minimum absolute atomic E-state index is 0.263. The molecule has 0 amide bonds. The highest BCUT2D eigenvalue weighted by Gasteiger charge is 2.43. The molecule has 1 saturated carbocycles. The van der Waals surface area contributed by atoms with Crippen LogP contribution in [0.2, 0.25) is 0 Å². The van der Waals surface area contributed by atoms with Crippen molar-refractivity contribution in [3.63, 3.8) is 0 Å². The zero-order valence-corrected chi connectivity index (χ0v) is 9.25. The molecule has 0 bridgehead atoms. The lowest BCUT2D eigenvalue weighted by Crippen LogP contribution is -2.37. The summed E-state index contributed by atoms with van der Waals surface area (Å²) >= 11 is 0. The summed E-state index contributed by atoms with van der Waals surface area (Å²) < 4.78 is 10.6. The Balaban J connectivity index is 2.05. The van der Waals surface area contributed by atoms with E-state index in [0.29, 0.717) is 11.7 Å². The van der Waals surface area contributed by atoms with Gasteiger partial charge >= 0.3 is 0 Å². The summed E-state index contributed by atoms with van der Waals surface area (Å²) in [5, 5.41) is 7.04. The number of nitrogens with one attached hydrogen (secondary N) is 1. The second-order valence-corrected chi connectivity index (χ2v) is 3.92. The molecule has 5 nitrogen and oxygen atoms in total. The first kappa shape index (κ1) is 10.6. The molecule has 1 aliphatic rings. The van der Waals surface area contributed by atoms with E-state index in [9.17, 15) is 0 Å². The smallest absolute Gasteiger partial charge is 0.228 e. The highest BCUT2D eigenvalue weighted by molar-refractivity contribution is 5.06. The largest absolute Gasteiger partial charge is 0.370 e. The molecule has 84 valence electrons. The van der Waals surface area contributed by atoms with Crippen LogP contribution in [0.5, 0.6) is 0 Å². The van der Waals surface area contributed by atoms with Gasteiger partial charge in [-0.1, -0.05) is 5.16 Å². The fourth-order valence-corrected chi connectivity index (χ4v) is 1.79. The van der Waals surface area contributed by atoms with Crippen LogP contribution in [0.1, 0.15) is 31.0 Å². The molecule has 0 aromatic carbocycles. The van der Waals surface area contributed by atoms with Crippen molar-refractivity contribution in [1.82, 2.24) is 15.5 Å². The van der Waals surface area contributed by atoms with Crippen LogP contribution in [0, 0.1) is 0 Å². The molecule has 1 N–H and O–H groups in total. The summed E-state index contributed by atoms with van der Waals surface area (Å²) in [7, 11) is 3.61. The highest BCUT2D eigenvalue weighted by atomic mass is 16.5. The molecule has 5 heteroatoms. The normalized spacial score (nSPS) is 18.8. The number of rotatable bonds is 5. The van der Waals surface area contributed by atoms with Crippen LogP contribution >= 0.6 is 0 Å². The quantitative estimate of drug-likeness (QED) is 0.782. The van der Waals surface area contributed by atoms with Gasteiger partial charge in [-0.3, -0.25) is 0 Å². The monoisotopic (exact) mass is 211 g/mol. The van der Waals surface area contributed by atoms with E-state index in [4.69, 9.17) is 9.26 Å². The van der Waals surface area contributed by atoms with Gasteiger partial charge in [0.15, 0.2) is 0 Å². The van der Waals surface area contributed by atoms with E-state index in [1.54, 1.807) is 7.11 Å². The van der Waals surface area contributed by atoms with Crippen LogP contribution in [-0.2, 0) is 16.8 Å². The first-order chi connectivity index (χ1) is 7.30. The van der Waals surface area contributed by atoms with Gasteiger partial charge in [0.2, 0.25) is 11.7 Å². The van der Waals surface area contributed by atoms with Crippen molar-refractivity contribution in [2.24, 2.45) is 0 Å². The fraction of sp³-hybridized carbons (Fsp3) is 0.800. The Morgan fingerprint density at radius 1 is 1.53 bits per heavy atom. The highest BCUT2D eigenvalue weighted by Crippen LogP contribution is 2.42. The van der Waals surface area contributed by atoms with Gasteiger partial charge in [-0.05, 0) is 26.3 Å². The Hall–Kier alpha value is -0.940. The molecule has 1 aromatic heterocycles. The summed E-state index contributed by atoms with van der Waals surface area (Å²) in [6.45, 7) is 0.849. The average molecular weight is 211 g/mol. The average Bonchev–Trinajstić information content (AvgIpc) is 2.63. The molecule has 1 heterocycles. The topological polar surface area (TPSA) is 60.2 Å². The van der Waals surface area contributed by atoms with Gasteiger partial charge < -0.3 is 14.6 Å². The van der Waals surface area contributed by atoms with E-state index in [1.165, 1.54) is 6.42 Å². The Bertz CT molecular complexity index is 315. The third-order valence-electron chi connectivity index (χ3n) is 3.02. The number of hydrogen-bond acceptors (Lipinski definition) is 5. The Morgan fingerprint density at radius 2 is 2.33 bits per heavy atom. The lowest BCUT2D eigenvalue weighted by Gasteiger charge is -2.37. The molecule has 0 saturated heterocycles. The Labute approximate surface area is 89.2 Å². The predicted octanol–water partition coefficient (Wildman–Crippen LogP) is 0.857. The second-order valence-electron chi connectivity index (χ2n) is 3.92. The SMILES string of the molecule is CNCCc1nc(C2(OC)CCC2)no1. The molecule has 15 heavy (non-hydrogen) atoms. The van der Waals surface area contributed by atoms with E-state index in [-0.39, 0.29) is 5.60 Å². The minimum Gasteiger partial charge on any atom is -0.370 e. The standard InChI is InChI=1S/C10H17N3O2/c1-11-7-4-8-12-9(13-15-8)10(14-2)5-3-6-10/h11H,3-7H2,1-2H3. The lowest BCUT2D eigenvalue weighted by molar-refractivity contribution is -0.0858. The number of nitrogens with zero attached hydrogens (tertiary/aromatic N) is 2. The van der Waals surface area contributed by atoms with Gasteiger partial charge in [0.25, 0.3) is 0 Å². The van der Waals surface area contributed by atoms with Crippen LogP contribution < -0.4 is 5.32 Å². The van der Waals surface area contributed by atoms with Gasteiger partial charge in [0.05, 0.1) is 0 Å². The van der Waals surface area contributed by atoms with Crippen molar-refractivity contribution in [3.8, 4) is 0 Å². The van der Waals surface area contributed by atoms with Crippen LogP contribution in [0.15, 0.2) is 4.52 Å². The molecule has 1 aliphatic carbocycles. The Kier molecular flexibility index (Phi) is 3.02. The van der Waals surface area contributed by atoms with Crippen molar-refractivity contribution in [2.45, 2.75) is 31.3 Å². The number of hydrogen-bond donors (Lipinski definition) is 1. The number of ether oxygens (including phenoxy) is 1. The van der Waals surface area contributed by atoms with E-state index in [0.717, 1.165) is 25.8 Å². The maximum absolute atomic E-state index is 5.48. The van der Waals surface area contributed by atoms with Crippen molar-refractivity contribution in [1.29, 1.82) is 0 Å². The first-order valence-electron chi connectivity index (χ1n) is 5.33. The van der Waals surface area contributed by atoms with Crippen molar-refractivity contribution in [2.75, 3.05) is 20.7 Å². The van der Waals surface area contributed by atoms with Crippen LogP contribution in [-0.4, -0.2) is 30.8 Å². The summed E-state index contributed by atoms with van der Waals surface area (Å²) in [6, 6.07) is 0. The van der Waals surface area contributed by atoms with Crippen molar-refractivity contribution in [3.05, 3.63) is 11.7 Å². The van der Waals surface area contributed by atoms with E-state index < -0.39 is 0 Å². The lowest BCUT2D eigenvalue weighted by atomic mass is 9.79. The molecular weight excluding hydrogens is 194 g/mol. The predicted molar refractivity (Wildman–Crippen MR) is 54.5 cm³/mol. The zero-order valence-electron chi connectivity index (χ0n) is 9.25. The van der Waals surface area contributed by atoms with Crippen molar-refractivity contribution >= 4 is 0 Å². The molecule has 0 spiro atoms. The number of methoxy groups -OCH3 is 1. The molecule has 0 unspecified atom stereocenters. The molecular formula is C10H17N3O2. The third kappa shape index (κ3) is 1.89. The molecule has 1 fully saturated rings. The van der Waals surface area contributed by atoms with Gasteiger partial charge in [0.1, 0.15) is 5.60 Å². The number of aromatic nitrogens is 2. The summed E-state index contributed by atoms with van der Waals surface area (Å²) in [4.78, 5) is 4.37. The fourth-order valence-electron chi connectivity index (χ4n) is 1.79. The van der Waals surface area contributed by atoms with Gasteiger partial charge in [-0.25, -0.2) is 0 Å². The maximum atomic E-state index is 5.48. The Morgan fingerprint density at radius 3 is 2.87 bits per heavy atom. The summed E-state index contributed by atoms with van der Waals surface area (Å²) in [5.74, 6) is 1.39. The van der Waals surface area contributed by atoms with E-state index in [1.807, 2.05) is 7.05 Å². The summed E-state index contributed by atoms with van der Waals surface area (Å²) in [6.07, 6.45) is 3.93.